The van der Waals surface area contributed by atoms with Gasteiger partial charge >= 0.3 is 0 Å². The number of carbonyl (C=O) groups is 1. The second-order valence-electron chi connectivity index (χ2n) is 6.61. The van der Waals surface area contributed by atoms with E-state index in [1.165, 1.54) is 10.8 Å². The zero-order valence-electron chi connectivity index (χ0n) is 15.1. The molecule has 1 N–H and O–H groups in total. The average Bonchev–Trinajstić information content (AvgIpc) is 2.74. The lowest BCUT2D eigenvalue weighted by molar-refractivity contribution is 0.0940. The second kappa shape index (κ2) is 7.42. The molecule has 0 aliphatic rings. The number of carbonyl (C=O) groups excluding carboxylic acids is 1. The molecule has 4 rings (SSSR count). The number of pyridine rings is 1. The van der Waals surface area contributed by atoms with E-state index in [-0.39, 0.29) is 11.9 Å². The van der Waals surface area contributed by atoms with Gasteiger partial charge in [-0.05, 0) is 64.7 Å². The Morgan fingerprint density at radius 1 is 0.815 bits per heavy atom. The summed E-state index contributed by atoms with van der Waals surface area (Å²) in [6, 6.07) is 26.0. The quantitative estimate of drug-likeness (QED) is 0.535. The highest BCUT2D eigenvalue weighted by atomic mass is 16.1. The smallest absolute Gasteiger partial charge is 0.251 e. The third kappa shape index (κ3) is 3.72. The van der Waals surface area contributed by atoms with Crippen molar-refractivity contribution in [2.24, 2.45) is 0 Å². The Morgan fingerprint density at radius 3 is 2.22 bits per heavy atom. The van der Waals surface area contributed by atoms with Crippen LogP contribution < -0.4 is 5.32 Å². The second-order valence-corrected chi connectivity index (χ2v) is 6.61. The molecule has 1 atom stereocenters. The third-order valence-corrected chi connectivity index (χ3v) is 4.78. The van der Waals surface area contributed by atoms with Gasteiger partial charge < -0.3 is 5.32 Å². The van der Waals surface area contributed by atoms with Gasteiger partial charge in [0.2, 0.25) is 0 Å². The van der Waals surface area contributed by atoms with Crippen LogP contribution in [0.3, 0.4) is 0 Å². The lowest BCUT2D eigenvalue weighted by atomic mass is 10.0. The average molecular weight is 352 g/mol. The van der Waals surface area contributed by atoms with Crippen molar-refractivity contribution >= 4 is 16.7 Å². The Morgan fingerprint density at radius 2 is 1.48 bits per heavy atom. The fourth-order valence-corrected chi connectivity index (χ4v) is 3.20. The van der Waals surface area contributed by atoms with E-state index in [1.807, 2.05) is 55.5 Å². The van der Waals surface area contributed by atoms with E-state index >= 15 is 0 Å². The summed E-state index contributed by atoms with van der Waals surface area (Å²) >= 11 is 0. The van der Waals surface area contributed by atoms with E-state index in [2.05, 4.69) is 40.6 Å². The van der Waals surface area contributed by atoms with Crippen LogP contribution >= 0.6 is 0 Å². The summed E-state index contributed by atoms with van der Waals surface area (Å²) in [5.74, 6) is -0.0723. The third-order valence-electron chi connectivity index (χ3n) is 4.78. The van der Waals surface area contributed by atoms with Gasteiger partial charge in [0.15, 0.2) is 0 Å². The Bertz CT molecular complexity index is 1070. The maximum atomic E-state index is 12.6. The first kappa shape index (κ1) is 17.0. The zero-order valence-corrected chi connectivity index (χ0v) is 15.1. The van der Waals surface area contributed by atoms with Gasteiger partial charge in [-0.1, -0.05) is 48.5 Å². The molecule has 4 aromatic rings. The van der Waals surface area contributed by atoms with Crippen LogP contribution in [0.5, 0.6) is 0 Å². The van der Waals surface area contributed by atoms with E-state index in [1.54, 1.807) is 12.4 Å². The Balaban J connectivity index is 1.49. The fraction of sp³-hybridized carbons (Fsp3) is 0.0833. The molecule has 0 saturated heterocycles. The number of hydrogen-bond acceptors (Lipinski definition) is 2. The van der Waals surface area contributed by atoms with Crippen molar-refractivity contribution in [3.63, 3.8) is 0 Å². The molecular formula is C24H20N2O. The van der Waals surface area contributed by atoms with Crippen molar-refractivity contribution in [3.05, 3.63) is 102 Å². The number of nitrogens with one attached hydrogen (secondary N) is 1. The molecule has 132 valence electrons. The number of benzene rings is 3. The molecule has 3 aromatic carbocycles. The first-order chi connectivity index (χ1) is 13.2. The molecule has 0 fully saturated rings. The first-order valence-corrected chi connectivity index (χ1v) is 9.01. The van der Waals surface area contributed by atoms with Crippen LogP contribution in [-0.2, 0) is 0 Å². The van der Waals surface area contributed by atoms with Crippen molar-refractivity contribution in [2.45, 2.75) is 13.0 Å². The number of hydrogen-bond donors (Lipinski definition) is 1. The molecule has 0 aliphatic carbocycles. The molecule has 27 heavy (non-hydrogen) atoms. The fourth-order valence-electron chi connectivity index (χ4n) is 3.20. The minimum absolute atomic E-state index is 0.0676. The van der Waals surface area contributed by atoms with Crippen molar-refractivity contribution in [1.29, 1.82) is 0 Å². The van der Waals surface area contributed by atoms with E-state index in [0.717, 1.165) is 16.7 Å². The number of rotatable bonds is 4. The number of aromatic nitrogens is 1. The van der Waals surface area contributed by atoms with E-state index in [9.17, 15) is 4.79 Å². The van der Waals surface area contributed by atoms with Crippen molar-refractivity contribution in [1.82, 2.24) is 10.3 Å². The summed E-state index contributed by atoms with van der Waals surface area (Å²) in [5.41, 5.74) is 3.90. The zero-order chi connectivity index (χ0) is 18.6. The molecule has 0 bridgehead atoms. The molecule has 0 spiro atoms. The molecule has 3 nitrogen and oxygen atoms in total. The lowest BCUT2D eigenvalue weighted by Crippen LogP contribution is -2.26. The van der Waals surface area contributed by atoms with Gasteiger partial charge in [0, 0.05) is 18.0 Å². The highest BCUT2D eigenvalue weighted by molar-refractivity contribution is 5.95. The molecule has 1 aromatic heterocycles. The van der Waals surface area contributed by atoms with E-state index in [4.69, 9.17) is 0 Å². The topological polar surface area (TPSA) is 42.0 Å². The van der Waals surface area contributed by atoms with Crippen molar-refractivity contribution < 1.29 is 4.79 Å². The van der Waals surface area contributed by atoms with Crippen molar-refractivity contribution in [3.8, 4) is 11.1 Å². The molecule has 0 radical (unpaired) electrons. The summed E-state index contributed by atoms with van der Waals surface area (Å²) in [4.78, 5) is 16.7. The summed E-state index contributed by atoms with van der Waals surface area (Å²) in [7, 11) is 0. The standard InChI is InChI=1S/C24H20N2O/c1-17(22-11-8-18-4-2-3-5-23(18)16-22)26-24(27)21-9-6-19(7-10-21)20-12-14-25-15-13-20/h2-17H,1H3,(H,26,27). The Kier molecular flexibility index (Phi) is 4.67. The van der Waals surface area contributed by atoms with Gasteiger partial charge in [-0.3, -0.25) is 9.78 Å². The van der Waals surface area contributed by atoms with Crippen LogP contribution in [0.4, 0.5) is 0 Å². The molecule has 1 amide bonds. The van der Waals surface area contributed by atoms with Gasteiger partial charge in [0.1, 0.15) is 0 Å². The maximum absolute atomic E-state index is 12.6. The van der Waals surface area contributed by atoms with Crippen LogP contribution in [0.2, 0.25) is 0 Å². The predicted molar refractivity (Wildman–Crippen MR) is 110 cm³/mol. The van der Waals surface area contributed by atoms with E-state index in [0.29, 0.717) is 5.56 Å². The lowest BCUT2D eigenvalue weighted by Gasteiger charge is -2.15. The predicted octanol–water partition coefficient (Wildman–Crippen LogP) is 5.39. The molecule has 0 saturated carbocycles. The van der Waals surface area contributed by atoms with Gasteiger partial charge in [0.25, 0.3) is 5.91 Å². The normalized spacial score (nSPS) is 11.9. The van der Waals surface area contributed by atoms with Gasteiger partial charge in [-0.2, -0.15) is 0 Å². The molecular weight excluding hydrogens is 332 g/mol. The summed E-state index contributed by atoms with van der Waals surface area (Å²) in [5, 5.41) is 5.47. The minimum atomic E-state index is -0.0723. The number of fused-ring (bicyclic) bond motifs is 1. The van der Waals surface area contributed by atoms with Gasteiger partial charge in [-0.25, -0.2) is 0 Å². The van der Waals surface area contributed by atoms with Crippen LogP contribution in [0, 0.1) is 0 Å². The Labute approximate surface area is 158 Å². The van der Waals surface area contributed by atoms with Gasteiger partial charge in [-0.15, -0.1) is 0 Å². The highest BCUT2D eigenvalue weighted by Crippen LogP contribution is 2.22. The molecule has 3 heteroatoms. The maximum Gasteiger partial charge on any atom is 0.251 e. The monoisotopic (exact) mass is 352 g/mol. The SMILES string of the molecule is CC(NC(=O)c1ccc(-c2ccncc2)cc1)c1ccc2ccccc2c1. The summed E-state index contributed by atoms with van der Waals surface area (Å²) in [6.07, 6.45) is 3.53. The molecule has 1 unspecified atom stereocenters. The summed E-state index contributed by atoms with van der Waals surface area (Å²) < 4.78 is 0. The molecule has 1 heterocycles. The minimum Gasteiger partial charge on any atom is -0.346 e. The summed E-state index contributed by atoms with van der Waals surface area (Å²) in [6.45, 7) is 2.01. The van der Waals surface area contributed by atoms with Crippen LogP contribution in [0.1, 0.15) is 28.9 Å². The molecule has 0 aliphatic heterocycles. The Hall–Kier alpha value is -3.46. The highest BCUT2D eigenvalue weighted by Gasteiger charge is 2.12. The van der Waals surface area contributed by atoms with Crippen molar-refractivity contribution in [2.75, 3.05) is 0 Å². The van der Waals surface area contributed by atoms with Crippen LogP contribution in [0.25, 0.3) is 21.9 Å². The largest absolute Gasteiger partial charge is 0.346 e. The van der Waals surface area contributed by atoms with Crippen LogP contribution in [-0.4, -0.2) is 10.9 Å². The number of nitrogens with zero attached hydrogens (tertiary/aromatic N) is 1. The van der Waals surface area contributed by atoms with Gasteiger partial charge in [0.05, 0.1) is 6.04 Å². The van der Waals surface area contributed by atoms with Crippen LogP contribution in [0.15, 0.2) is 91.3 Å². The first-order valence-electron chi connectivity index (χ1n) is 9.01. The van der Waals surface area contributed by atoms with E-state index < -0.39 is 0 Å². The number of amides is 1.